The Morgan fingerprint density at radius 3 is 3.04 bits per heavy atom. The summed E-state index contributed by atoms with van der Waals surface area (Å²) in [6, 6.07) is 9.54. The maximum Gasteiger partial charge on any atom is 0.251 e. The van der Waals surface area contributed by atoms with Crippen molar-refractivity contribution in [2.75, 3.05) is 13.1 Å². The van der Waals surface area contributed by atoms with Crippen LogP contribution >= 0.6 is 11.6 Å². The predicted molar refractivity (Wildman–Crippen MR) is 96.8 cm³/mol. The smallest absolute Gasteiger partial charge is 0.251 e. The van der Waals surface area contributed by atoms with Gasteiger partial charge in [-0.05, 0) is 37.0 Å². The zero-order valence-corrected chi connectivity index (χ0v) is 15.0. The van der Waals surface area contributed by atoms with Gasteiger partial charge in [0, 0.05) is 30.4 Å². The normalized spacial score (nSPS) is 16.8. The molecule has 1 atom stereocenters. The molecule has 1 aliphatic heterocycles. The van der Waals surface area contributed by atoms with Gasteiger partial charge in [0.05, 0.1) is 6.54 Å². The van der Waals surface area contributed by atoms with Crippen LogP contribution in [0.4, 0.5) is 0 Å². The molecule has 1 aliphatic rings. The summed E-state index contributed by atoms with van der Waals surface area (Å²) in [5.41, 5.74) is 1.21. The number of aryl methyl sites for hydroxylation is 1. The maximum absolute atomic E-state index is 12.5. The van der Waals surface area contributed by atoms with Crippen molar-refractivity contribution in [2.45, 2.75) is 31.8 Å². The summed E-state index contributed by atoms with van der Waals surface area (Å²) in [5.74, 6) is 0.325. The highest BCUT2D eigenvalue weighted by molar-refractivity contribution is 6.30. The molecule has 7 heteroatoms. The van der Waals surface area contributed by atoms with Crippen molar-refractivity contribution in [2.24, 2.45) is 0 Å². The fourth-order valence-electron chi connectivity index (χ4n) is 3.01. The first kappa shape index (κ1) is 18.2. The van der Waals surface area contributed by atoms with E-state index in [-0.39, 0.29) is 23.6 Å². The second kappa shape index (κ2) is 8.63. The van der Waals surface area contributed by atoms with E-state index in [0.29, 0.717) is 24.4 Å². The van der Waals surface area contributed by atoms with Gasteiger partial charge in [-0.1, -0.05) is 23.7 Å². The molecule has 0 radical (unpaired) electrons. The van der Waals surface area contributed by atoms with Gasteiger partial charge in [-0.3, -0.25) is 4.79 Å². The van der Waals surface area contributed by atoms with Crippen LogP contribution in [0.1, 0.15) is 30.5 Å². The summed E-state index contributed by atoms with van der Waals surface area (Å²) in [6.45, 7) is 1.22. The number of nitriles is 1. The number of nitrogens with zero attached hydrogens (tertiary/aromatic N) is 4. The molecular weight excluding hydrogens is 352 g/mol. The average molecular weight is 371 g/mol. The highest BCUT2D eigenvalue weighted by atomic mass is 35.5. The number of hydrogen-bond acceptors (Lipinski definition) is 5. The van der Waals surface area contributed by atoms with Crippen molar-refractivity contribution >= 4 is 17.5 Å². The van der Waals surface area contributed by atoms with Crippen molar-refractivity contribution in [3.8, 4) is 11.9 Å². The lowest BCUT2D eigenvalue weighted by atomic mass is 10.1. The molecule has 1 aromatic carbocycles. The Bertz CT molecular complexity index is 821. The van der Waals surface area contributed by atoms with Crippen LogP contribution in [-0.2, 0) is 11.2 Å². The topological polar surface area (TPSA) is 79.1 Å². The quantitative estimate of drug-likeness (QED) is 0.808. The molecular formula is C19H19ClN4O2. The molecule has 2 heterocycles. The SMILES string of the molecule is N#Cc1nccnc1O[C@H]1CCCN(C(=O)CCc2cccc(Cl)c2)C1. The molecule has 6 nitrogen and oxygen atoms in total. The minimum Gasteiger partial charge on any atom is -0.470 e. The molecule has 0 unspecified atom stereocenters. The number of ether oxygens (including phenoxy) is 1. The van der Waals surface area contributed by atoms with Gasteiger partial charge < -0.3 is 9.64 Å². The fourth-order valence-corrected chi connectivity index (χ4v) is 3.22. The summed E-state index contributed by atoms with van der Waals surface area (Å²) in [7, 11) is 0. The zero-order chi connectivity index (χ0) is 18.4. The van der Waals surface area contributed by atoms with E-state index in [1.807, 2.05) is 35.2 Å². The molecule has 1 fully saturated rings. The minimum atomic E-state index is -0.178. The number of amides is 1. The van der Waals surface area contributed by atoms with Gasteiger partial charge in [0.15, 0.2) is 0 Å². The number of hydrogen-bond donors (Lipinski definition) is 0. The number of rotatable bonds is 5. The lowest BCUT2D eigenvalue weighted by Gasteiger charge is -2.32. The molecule has 1 saturated heterocycles. The number of halogens is 1. The number of aromatic nitrogens is 2. The van der Waals surface area contributed by atoms with E-state index in [0.717, 1.165) is 24.9 Å². The predicted octanol–water partition coefficient (Wildman–Crippen LogP) is 3.00. The Morgan fingerprint density at radius 1 is 1.38 bits per heavy atom. The molecule has 1 amide bonds. The van der Waals surface area contributed by atoms with E-state index in [4.69, 9.17) is 21.6 Å². The Balaban J connectivity index is 1.56. The van der Waals surface area contributed by atoms with Gasteiger partial charge in [0.25, 0.3) is 5.88 Å². The molecule has 0 bridgehead atoms. The first-order valence-electron chi connectivity index (χ1n) is 8.55. The van der Waals surface area contributed by atoms with Crippen molar-refractivity contribution in [1.29, 1.82) is 5.26 Å². The van der Waals surface area contributed by atoms with Crippen LogP contribution in [0.2, 0.25) is 5.02 Å². The lowest BCUT2D eigenvalue weighted by Crippen LogP contribution is -2.44. The summed E-state index contributed by atoms with van der Waals surface area (Å²) in [4.78, 5) is 22.4. The second-order valence-electron chi connectivity index (χ2n) is 6.17. The summed E-state index contributed by atoms with van der Waals surface area (Å²) >= 11 is 5.98. The van der Waals surface area contributed by atoms with E-state index in [2.05, 4.69) is 9.97 Å². The average Bonchev–Trinajstić information content (AvgIpc) is 2.67. The van der Waals surface area contributed by atoms with E-state index in [1.165, 1.54) is 12.4 Å². The Morgan fingerprint density at radius 2 is 2.23 bits per heavy atom. The van der Waals surface area contributed by atoms with Crippen LogP contribution in [0.5, 0.6) is 5.88 Å². The van der Waals surface area contributed by atoms with Crippen LogP contribution < -0.4 is 4.74 Å². The monoisotopic (exact) mass is 370 g/mol. The molecule has 0 saturated carbocycles. The summed E-state index contributed by atoms with van der Waals surface area (Å²) in [6.07, 6.45) is 5.54. The van der Waals surface area contributed by atoms with Crippen LogP contribution in [0.25, 0.3) is 0 Å². The molecule has 0 N–H and O–H groups in total. The highest BCUT2D eigenvalue weighted by Crippen LogP contribution is 2.20. The largest absolute Gasteiger partial charge is 0.470 e. The van der Waals surface area contributed by atoms with Gasteiger partial charge in [0.1, 0.15) is 12.2 Å². The molecule has 134 valence electrons. The maximum atomic E-state index is 12.5. The molecule has 0 spiro atoms. The molecule has 26 heavy (non-hydrogen) atoms. The van der Waals surface area contributed by atoms with Crippen molar-refractivity contribution < 1.29 is 9.53 Å². The molecule has 1 aromatic heterocycles. The second-order valence-corrected chi connectivity index (χ2v) is 6.61. The number of piperidine rings is 1. The van der Waals surface area contributed by atoms with Crippen LogP contribution in [0.3, 0.4) is 0 Å². The van der Waals surface area contributed by atoms with Gasteiger partial charge >= 0.3 is 0 Å². The van der Waals surface area contributed by atoms with Crippen LogP contribution in [-0.4, -0.2) is 40.0 Å². The van der Waals surface area contributed by atoms with Gasteiger partial charge in [0.2, 0.25) is 11.6 Å². The Hall–Kier alpha value is -2.65. The number of carbonyl (C=O) groups excluding carboxylic acids is 1. The van der Waals surface area contributed by atoms with E-state index in [9.17, 15) is 4.79 Å². The number of carbonyl (C=O) groups is 1. The number of likely N-dealkylation sites (tertiary alicyclic amines) is 1. The standard InChI is InChI=1S/C19H19ClN4O2/c20-15-4-1-3-14(11-15)6-7-18(25)24-10-2-5-16(13-24)26-19-17(12-21)22-8-9-23-19/h1,3-4,8-9,11,16H,2,5-7,10,13H2/t16-/m0/s1. The van der Waals surface area contributed by atoms with E-state index >= 15 is 0 Å². The van der Waals surface area contributed by atoms with Gasteiger partial charge in [-0.25, -0.2) is 9.97 Å². The van der Waals surface area contributed by atoms with Crippen LogP contribution in [0.15, 0.2) is 36.7 Å². The third-order valence-electron chi connectivity index (χ3n) is 4.30. The third kappa shape index (κ3) is 4.70. The minimum absolute atomic E-state index is 0.0953. The lowest BCUT2D eigenvalue weighted by molar-refractivity contribution is -0.133. The van der Waals surface area contributed by atoms with Crippen molar-refractivity contribution in [1.82, 2.24) is 14.9 Å². The number of benzene rings is 1. The Kier molecular flexibility index (Phi) is 6.03. The van der Waals surface area contributed by atoms with E-state index in [1.54, 1.807) is 0 Å². The molecule has 2 aromatic rings. The first-order chi connectivity index (χ1) is 12.7. The molecule has 0 aliphatic carbocycles. The van der Waals surface area contributed by atoms with Crippen molar-refractivity contribution in [3.63, 3.8) is 0 Å². The third-order valence-corrected chi connectivity index (χ3v) is 4.53. The Labute approximate surface area is 157 Å². The van der Waals surface area contributed by atoms with Gasteiger partial charge in [-0.2, -0.15) is 5.26 Å². The molecule has 3 rings (SSSR count). The first-order valence-corrected chi connectivity index (χ1v) is 8.93. The fraction of sp³-hybridized carbons (Fsp3) is 0.368. The summed E-state index contributed by atoms with van der Waals surface area (Å²) in [5, 5.41) is 9.76. The van der Waals surface area contributed by atoms with Crippen molar-refractivity contribution in [3.05, 3.63) is 52.9 Å². The summed E-state index contributed by atoms with van der Waals surface area (Å²) < 4.78 is 5.83. The van der Waals surface area contributed by atoms with Crippen LogP contribution in [0, 0.1) is 11.3 Å². The highest BCUT2D eigenvalue weighted by Gasteiger charge is 2.25. The van der Waals surface area contributed by atoms with E-state index < -0.39 is 0 Å². The zero-order valence-electron chi connectivity index (χ0n) is 14.3. The van der Waals surface area contributed by atoms with Gasteiger partial charge in [-0.15, -0.1) is 0 Å².